The van der Waals surface area contributed by atoms with Crippen LogP contribution in [-0.2, 0) is 5.41 Å². The second-order valence-electron chi connectivity index (χ2n) is 10.6. The fraction of sp³-hybridized carbons (Fsp3) is 0.265. The van der Waals surface area contributed by atoms with E-state index in [1.807, 2.05) is 50.2 Å². The number of benzene rings is 4. The summed E-state index contributed by atoms with van der Waals surface area (Å²) in [4.78, 5) is 12.9. The van der Waals surface area contributed by atoms with Crippen molar-refractivity contribution >= 4 is 5.78 Å². The Bertz CT molecular complexity index is 1310. The molecule has 4 aromatic carbocycles. The van der Waals surface area contributed by atoms with Crippen LogP contribution in [0.3, 0.4) is 0 Å². The van der Waals surface area contributed by atoms with Crippen LogP contribution in [0.2, 0.25) is 0 Å². The van der Waals surface area contributed by atoms with Crippen molar-refractivity contribution < 1.29 is 14.3 Å². The molecule has 0 atom stereocenters. The molecule has 0 aliphatic carbocycles. The van der Waals surface area contributed by atoms with Crippen LogP contribution >= 0.6 is 0 Å². The zero-order chi connectivity index (χ0) is 26.6. The minimum absolute atomic E-state index is 0.0318. The van der Waals surface area contributed by atoms with Crippen molar-refractivity contribution in [1.29, 1.82) is 0 Å². The molecule has 37 heavy (non-hydrogen) atoms. The van der Waals surface area contributed by atoms with Crippen LogP contribution in [0, 0.1) is 0 Å². The lowest BCUT2D eigenvalue weighted by molar-refractivity contribution is 0.103. The Balaban J connectivity index is 1.41. The Morgan fingerprint density at radius 2 is 1.00 bits per heavy atom. The van der Waals surface area contributed by atoms with Gasteiger partial charge in [0.2, 0.25) is 0 Å². The van der Waals surface area contributed by atoms with Crippen molar-refractivity contribution in [3.05, 3.63) is 125 Å². The molecule has 0 saturated heterocycles. The lowest BCUT2D eigenvalue weighted by Gasteiger charge is -2.27. The van der Waals surface area contributed by atoms with Gasteiger partial charge in [-0.25, -0.2) is 0 Å². The van der Waals surface area contributed by atoms with Crippen LogP contribution < -0.4 is 9.47 Å². The summed E-state index contributed by atoms with van der Waals surface area (Å²) >= 11 is 0. The number of ether oxygens (including phenoxy) is 2. The van der Waals surface area contributed by atoms with E-state index in [0.29, 0.717) is 22.8 Å². The maximum atomic E-state index is 12.9. The molecule has 0 N–H and O–H groups in total. The fourth-order valence-electron chi connectivity index (χ4n) is 4.33. The van der Waals surface area contributed by atoms with Crippen molar-refractivity contribution in [2.24, 2.45) is 0 Å². The van der Waals surface area contributed by atoms with Crippen molar-refractivity contribution in [3.8, 4) is 17.2 Å². The van der Waals surface area contributed by atoms with Gasteiger partial charge in [0.1, 0.15) is 17.2 Å². The van der Waals surface area contributed by atoms with E-state index >= 15 is 0 Å². The molecule has 0 bridgehead atoms. The molecule has 0 aliphatic rings. The highest BCUT2D eigenvalue weighted by Gasteiger charge is 2.23. The van der Waals surface area contributed by atoms with Crippen LogP contribution in [0.1, 0.15) is 80.1 Å². The first-order chi connectivity index (χ1) is 17.6. The van der Waals surface area contributed by atoms with Gasteiger partial charge >= 0.3 is 0 Å². The number of carbonyl (C=O) groups excluding carboxylic acids is 1. The van der Waals surface area contributed by atoms with Gasteiger partial charge in [-0.1, -0.05) is 64.1 Å². The van der Waals surface area contributed by atoms with Crippen molar-refractivity contribution in [3.63, 3.8) is 0 Å². The Morgan fingerprint density at radius 3 is 1.43 bits per heavy atom. The van der Waals surface area contributed by atoms with Crippen LogP contribution in [0.4, 0.5) is 0 Å². The molecule has 0 heterocycles. The summed E-state index contributed by atoms with van der Waals surface area (Å²) in [5.41, 5.74) is 4.99. The second-order valence-corrected chi connectivity index (χ2v) is 10.6. The lowest BCUT2D eigenvalue weighted by atomic mass is 9.77. The topological polar surface area (TPSA) is 35.5 Å². The molecule has 0 aliphatic heterocycles. The van der Waals surface area contributed by atoms with Crippen LogP contribution in [-0.4, -0.2) is 11.9 Å². The van der Waals surface area contributed by atoms with Gasteiger partial charge in [-0.15, -0.1) is 0 Å². The predicted octanol–water partition coefficient (Wildman–Crippen LogP) is 8.95. The first kappa shape index (κ1) is 26.2. The minimum atomic E-state index is -0.116. The first-order valence-corrected chi connectivity index (χ1v) is 12.9. The van der Waals surface area contributed by atoms with Gasteiger partial charge in [-0.05, 0) is 97.1 Å². The third kappa shape index (κ3) is 6.29. The Kier molecular flexibility index (Phi) is 7.83. The number of hydrogen-bond donors (Lipinski definition) is 0. The average Bonchev–Trinajstić information content (AvgIpc) is 2.89. The molecular formula is C34H36O3. The van der Waals surface area contributed by atoms with Crippen LogP contribution in [0.5, 0.6) is 17.2 Å². The second kappa shape index (κ2) is 11.0. The van der Waals surface area contributed by atoms with Gasteiger partial charge in [-0.2, -0.15) is 0 Å². The molecule has 0 saturated carbocycles. The Morgan fingerprint density at radius 1 is 0.595 bits per heavy atom. The van der Waals surface area contributed by atoms with Crippen LogP contribution in [0.15, 0.2) is 97.1 Å². The van der Waals surface area contributed by atoms with Gasteiger partial charge in [0.25, 0.3) is 0 Å². The monoisotopic (exact) mass is 492 g/mol. The van der Waals surface area contributed by atoms with Gasteiger partial charge in [0, 0.05) is 16.5 Å². The van der Waals surface area contributed by atoms with E-state index in [1.165, 1.54) is 16.7 Å². The van der Waals surface area contributed by atoms with Gasteiger partial charge in [0.05, 0.1) is 6.10 Å². The van der Waals surface area contributed by atoms with Crippen molar-refractivity contribution in [2.75, 3.05) is 0 Å². The average molecular weight is 493 g/mol. The molecule has 4 aromatic rings. The summed E-state index contributed by atoms with van der Waals surface area (Å²) < 4.78 is 11.7. The number of carbonyl (C=O) groups is 1. The van der Waals surface area contributed by atoms with E-state index in [2.05, 4.69) is 64.1 Å². The summed E-state index contributed by atoms with van der Waals surface area (Å²) in [6.45, 7) is 12.9. The maximum Gasteiger partial charge on any atom is 0.193 e. The molecule has 0 fully saturated rings. The molecule has 3 nitrogen and oxygen atoms in total. The van der Waals surface area contributed by atoms with E-state index < -0.39 is 0 Å². The van der Waals surface area contributed by atoms with Gasteiger partial charge in [0.15, 0.2) is 5.78 Å². The molecule has 0 amide bonds. The molecule has 0 radical (unpaired) electrons. The third-order valence-electron chi connectivity index (χ3n) is 6.72. The predicted molar refractivity (Wildman–Crippen MR) is 151 cm³/mol. The van der Waals surface area contributed by atoms with E-state index in [1.54, 1.807) is 24.3 Å². The van der Waals surface area contributed by atoms with E-state index in [4.69, 9.17) is 9.47 Å². The molecular weight excluding hydrogens is 456 g/mol. The van der Waals surface area contributed by atoms with Crippen molar-refractivity contribution in [1.82, 2.24) is 0 Å². The standard InChI is InChI=1S/C34H36O3/c1-23(2)25-7-13-28(14-8-25)34(5,6)29-15-21-32(22-16-29)37-31-19-11-27(12-20-31)33(35)26-9-17-30(18-10-26)36-24(3)4/h7-24H,1-6H3. The van der Waals surface area contributed by atoms with E-state index in [-0.39, 0.29) is 17.3 Å². The molecule has 0 spiro atoms. The molecule has 0 unspecified atom stereocenters. The highest BCUT2D eigenvalue weighted by molar-refractivity contribution is 6.09. The molecule has 3 heteroatoms. The summed E-state index contributed by atoms with van der Waals surface area (Å²) in [6, 6.07) is 31.7. The fourth-order valence-corrected chi connectivity index (χ4v) is 4.33. The summed E-state index contributed by atoms with van der Waals surface area (Å²) in [5.74, 6) is 2.70. The minimum Gasteiger partial charge on any atom is -0.491 e. The normalized spacial score (nSPS) is 11.6. The number of rotatable bonds is 9. The zero-order valence-corrected chi connectivity index (χ0v) is 22.6. The highest BCUT2D eigenvalue weighted by atomic mass is 16.5. The van der Waals surface area contributed by atoms with E-state index in [0.717, 1.165) is 11.5 Å². The zero-order valence-electron chi connectivity index (χ0n) is 22.6. The third-order valence-corrected chi connectivity index (χ3v) is 6.72. The quantitative estimate of drug-likeness (QED) is 0.219. The molecule has 190 valence electrons. The summed E-state index contributed by atoms with van der Waals surface area (Å²) in [5, 5.41) is 0. The van der Waals surface area contributed by atoms with Gasteiger partial charge < -0.3 is 9.47 Å². The number of ketones is 1. The number of hydrogen-bond acceptors (Lipinski definition) is 3. The largest absolute Gasteiger partial charge is 0.491 e. The summed E-state index contributed by atoms with van der Waals surface area (Å²) in [7, 11) is 0. The first-order valence-electron chi connectivity index (χ1n) is 12.9. The maximum absolute atomic E-state index is 12.9. The molecule has 4 rings (SSSR count). The molecule has 0 aromatic heterocycles. The van der Waals surface area contributed by atoms with Crippen molar-refractivity contribution in [2.45, 2.75) is 59.0 Å². The van der Waals surface area contributed by atoms with Gasteiger partial charge in [-0.3, -0.25) is 4.79 Å². The Hall–Kier alpha value is -3.85. The summed E-state index contributed by atoms with van der Waals surface area (Å²) in [6.07, 6.45) is 0.0961. The Labute approximate surface area is 221 Å². The SMILES string of the molecule is CC(C)Oc1ccc(C(=O)c2ccc(Oc3ccc(C(C)(C)c4ccc(C(C)C)cc4)cc3)cc2)cc1. The highest BCUT2D eigenvalue weighted by Crippen LogP contribution is 2.34. The van der Waals surface area contributed by atoms with Crippen LogP contribution in [0.25, 0.3) is 0 Å². The smallest absolute Gasteiger partial charge is 0.193 e. The van der Waals surface area contributed by atoms with E-state index in [9.17, 15) is 4.79 Å². The lowest BCUT2D eigenvalue weighted by Crippen LogP contribution is -2.18.